The maximum absolute atomic E-state index is 14.2. The summed E-state index contributed by atoms with van der Waals surface area (Å²) in [5.41, 5.74) is 2.78. The lowest BCUT2D eigenvalue weighted by molar-refractivity contribution is -0.127. The van der Waals surface area contributed by atoms with Crippen LogP contribution in [0.5, 0.6) is 0 Å². The predicted octanol–water partition coefficient (Wildman–Crippen LogP) is 5.14. The molecule has 2 N–H and O–H groups in total. The van der Waals surface area contributed by atoms with E-state index in [1.165, 1.54) is 29.7 Å². The van der Waals surface area contributed by atoms with Crippen molar-refractivity contribution in [2.24, 2.45) is 0 Å². The van der Waals surface area contributed by atoms with Gasteiger partial charge in [-0.15, -0.1) is 11.3 Å². The first-order chi connectivity index (χ1) is 18.0. The number of halogens is 2. The number of carbonyl (C=O) groups is 2. The largest absolute Gasteiger partial charge is 0.352 e. The van der Waals surface area contributed by atoms with Gasteiger partial charge in [-0.25, -0.2) is 14.4 Å². The summed E-state index contributed by atoms with van der Waals surface area (Å²) in [4.78, 5) is 33.8. The van der Waals surface area contributed by atoms with Crippen LogP contribution in [0.3, 0.4) is 0 Å². The second-order valence-corrected chi connectivity index (χ2v) is 10.3. The number of hydrogen-bond donors (Lipinski definition) is 2. The van der Waals surface area contributed by atoms with Gasteiger partial charge in [0.25, 0.3) is 0 Å². The Labute approximate surface area is 217 Å². The number of thiazole rings is 1. The van der Waals surface area contributed by atoms with Crippen LogP contribution < -0.4 is 10.6 Å². The minimum atomic E-state index is -0.551. The molecular weight excluding hydrogens is 494 g/mol. The molecule has 2 aromatic heterocycles. The molecule has 9 heteroatoms. The number of amides is 2. The number of pyridine rings is 1. The van der Waals surface area contributed by atoms with Gasteiger partial charge >= 0.3 is 0 Å². The van der Waals surface area contributed by atoms with E-state index in [1.807, 2.05) is 12.1 Å². The van der Waals surface area contributed by atoms with Crippen LogP contribution in [0.2, 0.25) is 0 Å². The Morgan fingerprint density at radius 2 is 1.89 bits per heavy atom. The van der Waals surface area contributed by atoms with Crippen LogP contribution in [0.1, 0.15) is 42.2 Å². The van der Waals surface area contributed by atoms with Gasteiger partial charge in [-0.2, -0.15) is 4.39 Å². The number of nitrogens with zero attached hydrogens (tertiary/aromatic N) is 2. The number of carbonyl (C=O) groups excluding carboxylic acids is 2. The molecule has 4 aromatic rings. The molecule has 6 nitrogen and oxygen atoms in total. The highest BCUT2D eigenvalue weighted by Gasteiger charge is 2.27. The minimum absolute atomic E-state index is 0.0842. The number of nitrogens with one attached hydrogen (secondary N) is 2. The molecule has 0 saturated heterocycles. The summed E-state index contributed by atoms with van der Waals surface area (Å²) in [5, 5.41) is 6.28. The molecular formula is C28H26F2N4O2S. The van der Waals surface area contributed by atoms with Crippen molar-refractivity contribution in [1.29, 1.82) is 0 Å². The first kappa shape index (κ1) is 25.0. The van der Waals surface area contributed by atoms with E-state index >= 15 is 0 Å². The Balaban J connectivity index is 1.35. The fourth-order valence-electron chi connectivity index (χ4n) is 4.19. The van der Waals surface area contributed by atoms with E-state index in [4.69, 9.17) is 4.98 Å². The molecule has 2 aromatic carbocycles. The third-order valence-corrected chi connectivity index (χ3v) is 7.46. The Hall–Kier alpha value is -3.72. The highest BCUT2D eigenvalue weighted by atomic mass is 32.1. The molecule has 5 rings (SSSR count). The fraction of sp³-hybridized carbons (Fsp3) is 0.286. The summed E-state index contributed by atoms with van der Waals surface area (Å²) in [6.07, 6.45) is 5.23. The molecule has 0 spiro atoms. The van der Waals surface area contributed by atoms with Gasteiger partial charge in [0.15, 0.2) is 0 Å². The lowest BCUT2D eigenvalue weighted by Crippen LogP contribution is -2.39. The first-order valence-electron chi connectivity index (χ1n) is 12.3. The Morgan fingerprint density at radius 3 is 2.65 bits per heavy atom. The van der Waals surface area contributed by atoms with E-state index in [1.54, 1.807) is 30.3 Å². The van der Waals surface area contributed by atoms with Gasteiger partial charge in [0, 0.05) is 17.8 Å². The van der Waals surface area contributed by atoms with Gasteiger partial charge in [-0.05, 0) is 79.6 Å². The Kier molecular flexibility index (Phi) is 7.50. The van der Waals surface area contributed by atoms with Crippen molar-refractivity contribution in [3.63, 3.8) is 0 Å². The molecule has 0 radical (unpaired) electrons. The molecule has 1 fully saturated rings. The highest BCUT2D eigenvalue weighted by Crippen LogP contribution is 2.34. The van der Waals surface area contributed by atoms with Crippen molar-refractivity contribution >= 4 is 33.4 Å². The van der Waals surface area contributed by atoms with E-state index in [-0.39, 0.29) is 30.2 Å². The molecule has 1 aliphatic rings. The van der Waals surface area contributed by atoms with Gasteiger partial charge < -0.3 is 10.6 Å². The van der Waals surface area contributed by atoms with Crippen LogP contribution in [0.15, 0.2) is 60.8 Å². The zero-order chi connectivity index (χ0) is 25.8. The molecule has 37 heavy (non-hydrogen) atoms. The van der Waals surface area contributed by atoms with Crippen LogP contribution in [0.25, 0.3) is 21.3 Å². The summed E-state index contributed by atoms with van der Waals surface area (Å²) in [5.74, 6) is -1.85. The summed E-state index contributed by atoms with van der Waals surface area (Å²) in [7, 11) is 0. The normalized spacial score (nSPS) is 13.9. The number of rotatable bonds is 10. The molecule has 2 heterocycles. The van der Waals surface area contributed by atoms with E-state index in [0.29, 0.717) is 35.4 Å². The van der Waals surface area contributed by atoms with Crippen molar-refractivity contribution in [2.45, 2.75) is 44.1 Å². The van der Waals surface area contributed by atoms with Crippen molar-refractivity contribution in [1.82, 2.24) is 20.6 Å². The third kappa shape index (κ3) is 6.35. The molecule has 0 aliphatic heterocycles. The molecule has 1 atom stereocenters. The first-order valence-corrected chi connectivity index (χ1v) is 13.1. The molecule has 1 unspecified atom stereocenters. The zero-order valence-corrected chi connectivity index (χ0v) is 20.9. The van der Waals surface area contributed by atoms with E-state index in [9.17, 15) is 18.4 Å². The Morgan fingerprint density at radius 1 is 1.08 bits per heavy atom. The smallest absolute Gasteiger partial charge is 0.239 e. The zero-order valence-electron chi connectivity index (χ0n) is 20.0. The molecule has 2 amide bonds. The number of fused-ring (bicyclic) bond motifs is 1. The van der Waals surface area contributed by atoms with Crippen LogP contribution in [-0.2, 0) is 16.0 Å². The van der Waals surface area contributed by atoms with Crippen molar-refractivity contribution < 1.29 is 18.4 Å². The third-order valence-electron chi connectivity index (χ3n) is 6.33. The van der Waals surface area contributed by atoms with Crippen LogP contribution in [0, 0.1) is 11.8 Å². The summed E-state index contributed by atoms with van der Waals surface area (Å²) < 4.78 is 28.3. The van der Waals surface area contributed by atoms with Gasteiger partial charge in [0.05, 0.1) is 22.7 Å². The Bertz CT molecular complexity index is 1420. The molecule has 1 aliphatic carbocycles. The van der Waals surface area contributed by atoms with Crippen LogP contribution in [0.4, 0.5) is 8.78 Å². The van der Waals surface area contributed by atoms with Gasteiger partial charge in [0.2, 0.25) is 17.8 Å². The van der Waals surface area contributed by atoms with Crippen molar-refractivity contribution in [3.8, 4) is 11.1 Å². The standard InChI is InChI=1S/C28H26F2N4O2S/c29-19-9-6-17(7-10-19)3-1-4-22(27(36)32-16-25(35)33-20-11-12-20)28-34-23-13-8-18(15-24(23)37-28)21-5-2-14-31-26(21)30/h2,5-10,13-15,20,22H,1,3-4,11-12,16H2,(H,32,36)(H,33,35). The predicted molar refractivity (Wildman–Crippen MR) is 139 cm³/mol. The number of aryl methyl sites for hydroxylation is 1. The molecule has 0 bridgehead atoms. The lowest BCUT2D eigenvalue weighted by Gasteiger charge is -2.15. The minimum Gasteiger partial charge on any atom is -0.352 e. The maximum atomic E-state index is 14.2. The van der Waals surface area contributed by atoms with E-state index in [0.717, 1.165) is 28.6 Å². The highest BCUT2D eigenvalue weighted by molar-refractivity contribution is 7.18. The second-order valence-electron chi connectivity index (χ2n) is 9.21. The average molecular weight is 521 g/mol. The summed E-state index contributed by atoms with van der Waals surface area (Å²) in [6.45, 7) is -0.0842. The van der Waals surface area contributed by atoms with Gasteiger partial charge in [0.1, 0.15) is 10.8 Å². The lowest BCUT2D eigenvalue weighted by atomic mass is 9.99. The van der Waals surface area contributed by atoms with Crippen molar-refractivity contribution in [3.05, 3.63) is 83.1 Å². The summed E-state index contributed by atoms with van der Waals surface area (Å²) >= 11 is 1.39. The van der Waals surface area contributed by atoms with E-state index in [2.05, 4.69) is 15.6 Å². The van der Waals surface area contributed by atoms with Crippen LogP contribution >= 0.6 is 11.3 Å². The van der Waals surface area contributed by atoms with E-state index < -0.39 is 11.9 Å². The number of hydrogen-bond acceptors (Lipinski definition) is 5. The molecule has 1 saturated carbocycles. The fourth-order valence-corrected chi connectivity index (χ4v) is 5.33. The second kappa shape index (κ2) is 11.1. The maximum Gasteiger partial charge on any atom is 0.239 e. The SMILES string of the molecule is O=C(CNC(=O)C(CCCc1ccc(F)cc1)c1nc2ccc(-c3cccnc3F)cc2s1)NC1CC1. The molecule has 190 valence electrons. The number of benzene rings is 2. The number of aromatic nitrogens is 2. The van der Waals surface area contributed by atoms with Gasteiger partial charge in [-0.3, -0.25) is 9.59 Å². The van der Waals surface area contributed by atoms with Crippen molar-refractivity contribution in [2.75, 3.05) is 6.54 Å². The monoisotopic (exact) mass is 520 g/mol. The topological polar surface area (TPSA) is 84.0 Å². The van der Waals surface area contributed by atoms with Crippen LogP contribution in [-0.4, -0.2) is 34.4 Å². The average Bonchev–Trinajstić information content (AvgIpc) is 3.61. The van der Waals surface area contributed by atoms with Gasteiger partial charge in [-0.1, -0.05) is 18.2 Å². The summed E-state index contributed by atoms with van der Waals surface area (Å²) in [6, 6.07) is 15.4. The quantitative estimate of drug-likeness (QED) is 0.284.